The van der Waals surface area contributed by atoms with Gasteiger partial charge >= 0.3 is 5.97 Å². The van der Waals surface area contributed by atoms with Gasteiger partial charge in [0.1, 0.15) is 0 Å². The van der Waals surface area contributed by atoms with Crippen LogP contribution in [0.25, 0.3) is 0 Å². The van der Waals surface area contributed by atoms with Crippen molar-refractivity contribution in [3.05, 3.63) is 0 Å². The highest BCUT2D eigenvalue weighted by atomic mass is 16.5. The van der Waals surface area contributed by atoms with Gasteiger partial charge in [-0.05, 0) is 114 Å². The van der Waals surface area contributed by atoms with Gasteiger partial charge in [-0.1, -0.05) is 26.7 Å². The molecule has 152 valence electrons. The molecule has 3 unspecified atom stereocenters. The van der Waals surface area contributed by atoms with Crippen molar-refractivity contribution >= 4 is 5.97 Å². The lowest BCUT2D eigenvalue weighted by molar-refractivity contribution is -0.137. The third-order valence-corrected chi connectivity index (χ3v) is 4.44. The van der Waals surface area contributed by atoms with Crippen molar-refractivity contribution in [2.45, 2.75) is 40.2 Å². The highest BCUT2D eigenvalue weighted by Gasteiger charge is 2.34. The van der Waals surface area contributed by atoms with Crippen LogP contribution in [-0.4, -0.2) is 25.3 Å². The van der Waals surface area contributed by atoms with Crippen molar-refractivity contribution in [2.75, 3.05) is 13.2 Å². The maximum atomic E-state index is 11.6. The third kappa shape index (κ3) is 11.5. The maximum absolute atomic E-state index is 11.6. The standard InChI is InChI=1S/C28H22O3/c1-5-6-7-8-9-10-11-12-13-14-15-16-17-18-19-20-27(29)30-22-21-24(2)28-26(4)25(3)23-31-28/h24-26,28H,21-23H2,1-4H3/t24?,25?,26-,28?/m0/s1. The number of esters is 1. The van der Waals surface area contributed by atoms with Crippen LogP contribution in [0.3, 0.4) is 0 Å². The third-order valence-electron chi connectivity index (χ3n) is 4.44. The largest absolute Gasteiger partial charge is 0.456 e. The Bertz CT molecular complexity index is 1140. The predicted molar refractivity (Wildman–Crippen MR) is 121 cm³/mol. The Morgan fingerprint density at radius 1 is 0.871 bits per heavy atom. The molecule has 0 amide bonds. The second-order valence-electron chi connectivity index (χ2n) is 6.66. The van der Waals surface area contributed by atoms with Gasteiger partial charge in [-0.25, -0.2) is 4.79 Å². The summed E-state index contributed by atoms with van der Waals surface area (Å²) in [7, 11) is 0. The highest BCUT2D eigenvalue weighted by Crippen LogP contribution is 2.32. The number of rotatable bonds is 4. The van der Waals surface area contributed by atoms with Crippen molar-refractivity contribution in [2.24, 2.45) is 17.8 Å². The Kier molecular flexibility index (Phi) is 12.7. The van der Waals surface area contributed by atoms with Gasteiger partial charge < -0.3 is 9.47 Å². The van der Waals surface area contributed by atoms with Gasteiger partial charge in [0.05, 0.1) is 12.7 Å². The smallest absolute Gasteiger partial charge is 0.385 e. The SMILES string of the molecule is CC#CC#CC#CC#CC#CC#CC#CC#CC(=O)OCCC(C)C1OCC(C)[C@@H]1C. The van der Waals surface area contributed by atoms with Crippen LogP contribution in [0.15, 0.2) is 0 Å². The molecule has 0 N–H and O–H groups in total. The maximum Gasteiger partial charge on any atom is 0.385 e. The number of carbonyl (C=O) groups is 1. The Hall–Kier alpha value is -4.09. The summed E-state index contributed by atoms with van der Waals surface area (Å²) in [5, 5.41) is 0. The summed E-state index contributed by atoms with van der Waals surface area (Å²) in [6, 6.07) is 0. The molecular formula is C28H22O3. The summed E-state index contributed by atoms with van der Waals surface area (Å²) in [5.74, 6) is 40.7. The minimum absolute atomic E-state index is 0.214. The van der Waals surface area contributed by atoms with Crippen molar-refractivity contribution in [1.82, 2.24) is 0 Å². The summed E-state index contributed by atoms with van der Waals surface area (Å²) in [4.78, 5) is 11.6. The first-order valence-corrected chi connectivity index (χ1v) is 9.77. The molecule has 0 bridgehead atoms. The molecule has 0 spiro atoms. The van der Waals surface area contributed by atoms with Crippen LogP contribution in [0.1, 0.15) is 34.1 Å². The molecule has 0 aromatic carbocycles. The average molecular weight is 406 g/mol. The fourth-order valence-corrected chi connectivity index (χ4v) is 2.63. The van der Waals surface area contributed by atoms with E-state index in [0.717, 1.165) is 13.0 Å². The van der Waals surface area contributed by atoms with Crippen molar-refractivity contribution < 1.29 is 14.3 Å². The Morgan fingerprint density at radius 2 is 1.35 bits per heavy atom. The minimum Gasteiger partial charge on any atom is -0.456 e. The van der Waals surface area contributed by atoms with Crippen molar-refractivity contribution in [3.63, 3.8) is 0 Å². The zero-order chi connectivity index (χ0) is 22.7. The fourth-order valence-electron chi connectivity index (χ4n) is 2.63. The van der Waals surface area contributed by atoms with Gasteiger partial charge in [0.25, 0.3) is 0 Å². The molecule has 1 saturated heterocycles. The number of hydrogen-bond donors (Lipinski definition) is 0. The van der Waals surface area contributed by atoms with E-state index in [1.54, 1.807) is 6.92 Å². The predicted octanol–water partition coefficient (Wildman–Crippen LogP) is 2.27. The Morgan fingerprint density at radius 3 is 1.81 bits per heavy atom. The monoisotopic (exact) mass is 406 g/mol. The molecular weight excluding hydrogens is 384 g/mol. The van der Waals surface area contributed by atoms with Gasteiger partial charge in [0, 0.05) is 12.5 Å². The summed E-state index contributed by atoms with van der Waals surface area (Å²) in [6.07, 6.45) is 0.951. The summed E-state index contributed by atoms with van der Waals surface area (Å²) in [6.45, 7) is 9.31. The molecule has 1 fully saturated rings. The first-order valence-electron chi connectivity index (χ1n) is 9.77. The quantitative estimate of drug-likeness (QED) is 0.408. The molecule has 0 saturated carbocycles. The lowest BCUT2D eigenvalue weighted by Gasteiger charge is -2.23. The van der Waals surface area contributed by atoms with Crippen LogP contribution < -0.4 is 0 Å². The highest BCUT2D eigenvalue weighted by molar-refractivity contribution is 5.89. The van der Waals surface area contributed by atoms with Gasteiger partial charge in [0.2, 0.25) is 0 Å². The van der Waals surface area contributed by atoms with Crippen molar-refractivity contribution in [1.29, 1.82) is 0 Å². The summed E-state index contributed by atoms with van der Waals surface area (Å²) < 4.78 is 10.9. The Balaban J connectivity index is 2.32. The topological polar surface area (TPSA) is 35.5 Å². The number of ether oxygens (including phenoxy) is 2. The molecule has 1 rings (SSSR count). The molecule has 3 heteroatoms. The van der Waals surface area contributed by atoms with E-state index in [4.69, 9.17) is 9.47 Å². The van der Waals surface area contributed by atoms with Crippen LogP contribution >= 0.6 is 0 Å². The fraction of sp³-hybridized carbons (Fsp3) is 0.393. The van der Waals surface area contributed by atoms with E-state index in [9.17, 15) is 4.79 Å². The minimum atomic E-state index is -0.606. The van der Waals surface area contributed by atoms with Crippen LogP contribution in [0.4, 0.5) is 0 Å². The van der Waals surface area contributed by atoms with Gasteiger partial charge in [-0.3, -0.25) is 0 Å². The Labute approximate surface area is 186 Å². The summed E-state index contributed by atoms with van der Waals surface area (Å²) >= 11 is 0. The lowest BCUT2D eigenvalue weighted by atomic mass is 9.86. The van der Waals surface area contributed by atoms with Crippen LogP contribution in [0.5, 0.6) is 0 Å². The molecule has 4 atom stereocenters. The van der Waals surface area contributed by atoms with Crippen molar-refractivity contribution in [3.8, 4) is 94.7 Å². The zero-order valence-corrected chi connectivity index (χ0v) is 18.2. The molecule has 0 aromatic heterocycles. The zero-order valence-electron chi connectivity index (χ0n) is 18.2. The van der Waals surface area contributed by atoms with Crippen LogP contribution in [0.2, 0.25) is 0 Å². The molecule has 1 aliphatic rings. The average Bonchev–Trinajstić information content (AvgIpc) is 3.09. The number of carbonyl (C=O) groups excluding carboxylic acids is 1. The first kappa shape index (κ1) is 24.9. The van der Waals surface area contributed by atoms with Crippen LogP contribution in [0, 0.1) is 112 Å². The van der Waals surface area contributed by atoms with E-state index in [1.165, 1.54) is 0 Å². The van der Waals surface area contributed by atoms with Gasteiger partial charge in [0.15, 0.2) is 0 Å². The van der Waals surface area contributed by atoms with E-state index in [2.05, 4.69) is 115 Å². The van der Waals surface area contributed by atoms with E-state index in [-0.39, 0.29) is 6.10 Å². The second kappa shape index (κ2) is 15.8. The van der Waals surface area contributed by atoms with E-state index in [0.29, 0.717) is 24.4 Å². The van der Waals surface area contributed by atoms with E-state index >= 15 is 0 Å². The molecule has 0 aliphatic carbocycles. The molecule has 0 aromatic rings. The first-order chi connectivity index (χ1) is 15.1. The molecule has 1 aliphatic heterocycles. The molecule has 0 radical (unpaired) electrons. The molecule has 1 heterocycles. The van der Waals surface area contributed by atoms with Gasteiger partial charge in [-0.15, -0.1) is 0 Å². The molecule has 3 nitrogen and oxygen atoms in total. The second-order valence-corrected chi connectivity index (χ2v) is 6.66. The van der Waals surface area contributed by atoms with E-state index < -0.39 is 5.97 Å². The summed E-state index contributed by atoms with van der Waals surface area (Å²) in [5.41, 5.74) is 0. The molecule has 31 heavy (non-hydrogen) atoms. The normalized spacial score (nSPS) is 17.9. The van der Waals surface area contributed by atoms with Crippen LogP contribution in [-0.2, 0) is 14.3 Å². The lowest BCUT2D eigenvalue weighted by Crippen LogP contribution is -2.25. The number of hydrogen-bond acceptors (Lipinski definition) is 3. The van der Waals surface area contributed by atoms with E-state index in [1.807, 2.05) is 0 Å². The van der Waals surface area contributed by atoms with Gasteiger partial charge in [-0.2, -0.15) is 0 Å².